The summed E-state index contributed by atoms with van der Waals surface area (Å²) < 4.78 is 5.63. The molecule has 1 heteroatoms. The normalized spacial score (nSPS) is 52.2. The summed E-state index contributed by atoms with van der Waals surface area (Å²) in [5.74, 6) is 3.95. The van der Waals surface area contributed by atoms with Gasteiger partial charge in [0.25, 0.3) is 0 Å². The smallest absolute Gasteiger partial charge is 0.0499 e. The van der Waals surface area contributed by atoms with Crippen LogP contribution in [-0.4, -0.2) is 13.2 Å². The molecule has 0 spiro atoms. The van der Waals surface area contributed by atoms with Crippen LogP contribution in [0.3, 0.4) is 0 Å². The summed E-state index contributed by atoms with van der Waals surface area (Å²) in [4.78, 5) is 0. The molecule has 2 bridgehead atoms. The van der Waals surface area contributed by atoms with Crippen molar-refractivity contribution in [1.29, 1.82) is 0 Å². The number of hydrogen-bond donors (Lipinski definition) is 0. The third kappa shape index (κ3) is 0.971. The van der Waals surface area contributed by atoms with Gasteiger partial charge in [0.1, 0.15) is 0 Å². The zero-order chi connectivity index (χ0) is 9.05. The molecule has 4 aliphatic rings. The Kier molecular flexibility index (Phi) is 1.59. The van der Waals surface area contributed by atoms with E-state index in [1.54, 1.807) is 0 Å². The Morgan fingerprint density at radius 3 is 2.85 bits per heavy atom. The van der Waals surface area contributed by atoms with Crippen LogP contribution in [0, 0.1) is 29.1 Å². The molecule has 1 saturated heterocycles. The van der Waals surface area contributed by atoms with Crippen LogP contribution in [0.5, 0.6) is 0 Å². The predicted molar refractivity (Wildman–Crippen MR) is 52.4 cm³/mol. The zero-order valence-electron chi connectivity index (χ0n) is 8.75. The van der Waals surface area contributed by atoms with Gasteiger partial charge >= 0.3 is 0 Å². The van der Waals surface area contributed by atoms with Gasteiger partial charge in [0.2, 0.25) is 0 Å². The van der Waals surface area contributed by atoms with Crippen molar-refractivity contribution in [2.24, 2.45) is 29.1 Å². The minimum absolute atomic E-state index is 0.641. The van der Waals surface area contributed by atoms with Crippen molar-refractivity contribution in [3.8, 4) is 0 Å². The van der Waals surface area contributed by atoms with Gasteiger partial charge in [-0.1, -0.05) is 13.8 Å². The number of ether oxygens (including phenoxy) is 1. The second kappa shape index (κ2) is 2.50. The first-order valence-corrected chi connectivity index (χ1v) is 5.77. The first-order chi connectivity index (χ1) is 6.19. The molecule has 0 N–H and O–H groups in total. The minimum Gasteiger partial charge on any atom is -0.381 e. The maximum Gasteiger partial charge on any atom is 0.0499 e. The topological polar surface area (TPSA) is 9.23 Å². The first-order valence-electron chi connectivity index (χ1n) is 5.77. The fourth-order valence-corrected chi connectivity index (χ4v) is 4.09. The Morgan fingerprint density at radius 2 is 2.08 bits per heavy atom. The Hall–Kier alpha value is -0.0400. The molecule has 4 fully saturated rings. The Labute approximate surface area is 80.8 Å². The van der Waals surface area contributed by atoms with Crippen molar-refractivity contribution < 1.29 is 4.74 Å². The molecular formula is C12H20O. The van der Waals surface area contributed by atoms with Crippen LogP contribution in [0.25, 0.3) is 0 Å². The van der Waals surface area contributed by atoms with Crippen LogP contribution in [0.4, 0.5) is 0 Å². The van der Waals surface area contributed by atoms with Crippen LogP contribution < -0.4 is 0 Å². The Morgan fingerprint density at radius 1 is 1.23 bits per heavy atom. The van der Waals surface area contributed by atoms with E-state index >= 15 is 0 Å². The first kappa shape index (κ1) is 8.28. The second-order valence-corrected chi connectivity index (χ2v) is 5.88. The van der Waals surface area contributed by atoms with Crippen molar-refractivity contribution in [3.63, 3.8) is 0 Å². The third-order valence-corrected chi connectivity index (χ3v) is 5.20. The van der Waals surface area contributed by atoms with Gasteiger partial charge in [-0.15, -0.1) is 0 Å². The quantitative estimate of drug-likeness (QED) is 0.557. The minimum atomic E-state index is 0.641. The summed E-state index contributed by atoms with van der Waals surface area (Å²) in [5, 5.41) is 0. The molecule has 3 saturated carbocycles. The standard InChI is InChI=1S/C12H20O/c1-12(2)9-5-8-3-4-13-7-10(8)11(12)6-9/h8-11H,3-7H2,1-2H3/t8-,9-,10+,11-/m0/s1. The van der Waals surface area contributed by atoms with Crippen molar-refractivity contribution in [2.45, 2.75) is 33.1 Å². The summed E-state index contributed by atoms with van der Waals surface area (Å²) in [5.41, 5.74) is 0.641. The van der Waals surface area contributed by atoms with Gasteiger partial charge in [0.15, 0.2) is 0 Å². The lowest BCUT2D eigenvalue weighted by molar-refractivity contribution is -0.174. The summed E-state index contributed by atoms with van der Waals surface area (Å²) in [6.07, 6.45) is 4.34. The molecule has 0 aromatic rings. The van der Waals surface area contributed by atoms with Crippen molar-refractivity contribution in [3.05, 3.63) is 0 Å². The predicted octanol–water partition coefficient (Wildman–Crippen LogP) is 2.71. The van der Waals surface area contributed by atoms with E-state index in [0.717, 1.165) is 36.9 Å². The van der Waals surface area contributed by atoms with Crippen molar-refractivity contribution in [1.82, 2.24) is 0 Å². The lowest BCUT2D eigenvalue weighted by Crippen LogP contribution is -2.57. The van der Waals surface area contributed by atoms with E-state index in [4.69, 9.17) is 4.74 Å². The highest BCUT2D eigenvalue weighted by atomic mass is 16.5. The largest absolute Gasteiger partial charge is 0.381 e. The summed E-state index contributed by atoms with van der Waals surface area (Å²) in [7, 11) is 0. The molecule has 13 heavy (non-hydrogen) atoms. The van der Waals surface area contributed by atoms with Gasteiger partial charge in [-0.25, -0.2) is 0 Å². The zero-order valence-corrected chi connectivity index (χ0v) is 8.75. The molecule has 0 aromatic carbocycles. The van der Waals surface area contributed by atoms with Gasteiger partial charge in [-0.2, -0.15) is 0 Å². The maximum absolute atomic E-state index is 5.63. The molecule has 0 amide bonds. The van der Waals surface area contributed by atoms with Crippen LogP contribution in [0.1, 0.15) is 33.1 Å². The molecule has 4 rings (SSSR count). The van der Waals surface area contributed by atoms with Crippen LogP contribution in [0.2, 0.25) is 0 Å². The average molecular weight is 180 g/mol. The fraction of sp³-hybridized carbons (Fsp3) is 1.00. The van der Waals surface area contributed by atoms with Gasteiger partial charge < -0.3 is 4.74 Å². The van der Waals surface area contributed by atoms with Gasteiger partial charge in [-0.3, -0.25) is 0 Å². The maximum atomic E-state index is 5.63. The molecule has 0 unspecified atom stereocenters. The molecular weight excluding hydrogens is 160 g/mol. The van der Waals surface area contributed by atoms with E-state index in [1.807, 2.05) is 0 Å². The van der Waals surface area contributed by atoms with Crippen LogP contribution in [0.15, 0.2) is 0 Å². The molecule has 74 valence electrons. The van der Waals surface area contributed by atoms with E-state index in [9.17, 15) is 0 Å². The van der Waals surface area contributed by atoms with E-state index < -0.39 is 0 Å². The summed E-state index contributed by atoms with van der Waals surface area (Å²) in [6, 6.07) is 0. The molecule has 3 aliphatic carbocycles. The monoisotopic (exact) mass is 180 g/mol. The highest BCUT2D eigenvalue weighted by molar-refractivity contribution is 5.06. The molecule has 1 nitrogen and oxygen atoms in total. The van der Waals surface area contributed by atoms with Gasteiger partial charge in [0.05, 0.1) is 0 Å². The lowest BCUT2D eigenvalue weighted by Gasteiger charge is -2.63. The van der Waals surface area contributed by atoms with E-state index in [-0.39, 0.29) is 0 Å². The molecule has 4 atom stereocenters. The van der Waals surface area contributed by atoms with Crippen LogP contribution in [-0.2, 0) is 4.74 Å². The highest BCUT2D eigenvalue weighted by Crippen LogP contribution is 2.64. The van der Waals surface area contributed by atoms with Crippen LogP contribution >= 0.6 is 0 Å². The highest BCUT2D eigenvalue weighted by Gasteiger charge is 2.57. The van der Waals surface area contributed by atoms with E-state index in [0.29, 0.717) is 5.41 Å². The summed E-state index contributed by atoms with van der Waals surface area (Å²) >= 11 is 0. The Balaban J connectivity index is 1.83. The van der Waals surface area contributed by atoms with Crippen molar-refractivity contribution in [2.75, 3.05) is 13.2 Å². The van der Waals surface area contributed by atoms with E-state index in [2.05, 4.69) is 13.8 Å². The third-order valence-electron chi connectivity index (χ3n) is 5.20. The molecule has 1 aliphatic heterocycles. The molecule has 0 radical (unpaired) electrons. The molecule has 0 aromatic heterocycles. The van der Waals surface area contributed by atoms with Crippen molar-refractivity contribution >= 4 is 0 Å². The SMILES string of the molecule is CC1(C)[C@H]2C[C@@H]3CCOC[C@H]3[C@@H]1C2. The number of hydrogen-bond acceptors (Lipinski definition) is 1. The van der Waals surface area contributed by atoms with Gasteiger partial charge in [0, 0.05) is 13.2 Å². The lowest BCUT2D eigenvalue weighted by atomic mass is 9.43. The average Bonchev–Trinajstić information content (AvgIpc) is 2.16. The fourth-order valence-electron chi connectivity index (χ4n) is 4.09. The number of rotatable bonds is 0. The Bertz CT molecular complexity index is 221. The van der Waals surface area contributed by atoms with E-state index in [1.165, 1.54) is 19.3 Å². The summed E-state index contributed by atoms with van der Waals surface area (Å²) in [6.45, 7) is 7.03. The van der Waals surface area contributed by atoms with Gasteiger partial charge in [-0.05, 0) is 48.3 Å². The second-order valence-electron chi connectivity index (χ2n) is 5.88. The molecule has 1 heterocycles.